The van der Waals surface area contributed by atoms with E-state index in [1.54, 1.807) is 0 Å². The third-order valence-electron chi connectivity index (χ3n) is 1.40. The standard InChI is InChI=1S/C8H5BrClFO2/c1-13-8(12)7-5(10)2-4(9)3-6(7)11/h2-3H,1H3. The van der Waals surface area contributed by atoms with Gasteiger partial charge in [-0.05, 0) is 12.1 Å². The number of carbonyl (C=O) groups excluding carboxylic acids is 1. The molecule has 0 fully saturated rings. The first-order valence-electron chi connectivity index (χ1n) is 3.29. The van der Waals surface area contributed by atoms with Crippen LogP contribution in [0.15, 0.2) is 16.6 Å². The largest absolute Gasteiger partial charge is 0.465 e. The number of hydrogen-bond acceptors (Lipinski definition) is 2. The Kier molecular flexibility index (Phi) is 3.27. The predicted molar refractivity (Wildman–Crippen MR) is 50.4 cm³/mol. The fourth-order valence-corrected chi connectivity index (χ4v) is 1.69. The topological polar surface area (TPSA) is 26.3 Å². The number of methoxy groups -OCH3 is 1. The average molecular weight is 267 g/mol. The highest BCUT2D eigenvalue weighted by Crippen LogP contribution is 2.25. The Morgan fingerprint density at radius 2 is 2.23 bits per heavy atom. The molecule has 2 nitrogen and oxygen atoms in total. The van der Waals surface area contributed by atoms with Gasteiger partial charge in [0.05, 0.1) is 12.1 Å². The van der Waals surface area contributed by atoms with E-state index in [9.17, 15) is 9.18 Å². The van der Waals surface area contributed by atoms with E-state index in [1.807, 2.05) is 0 Å². The van der Waals surface area contributed by atoms with Crippen molar-refractivity contribution in [3.63, 3.8) is 0 Å². The molecule has 0 N–H and O–H groups in total. The monoisotopic (exact) mass is 266 g/mol. The van der Waals surface area contributed by atoms with Gasteiger partial charge in [-0.3, -0.25) is 0 Å². The summed E-state index contributed by atoms with van der Waals surface area (Å²) in [7, 11) is 1.17. The summed E-state index contributed by atoms with van der Waals surface area (Å²) in [6.07, 6.45) is 0. The van der Waals surface area contributed by atoms with E-state index in [4.69, 9.17) is 11.6 Å². The molecule has 1 aromatic rings. The van der Waals surface area contributed by atoms with Gasteiger partial charge < -0.3 is 4.74 Å². The minimum absolute atomic E-state index is 0.0266. The van der Waals surface area contributed by atoms with E-state index in [-0.39, 0.29) is 10.6 Å². The molecule has 0 aliphatic rings. The van der Waals surface area contributed by atoms with Crippen LogP contribution in [0.1, 0.15) is 10.4 Å². The van der Waals surface area contributed by atoms with Crippen LogP contribution < -0.4 is 0 Å². The van der Waals surface area contributed by atoms with Crippen molar-refractivity contribution < 1.29 is 13.9 Å². The maximum Gasteiger partial charge on any atom is 0.342 e. The first kappa shape index (κ1) is 10.5. The van der Waals surface area contributed by atoms with Gasteiger partial charge in [0, 0.05) is 4.47 Å². The van der Waals surface area contributed by atoms with Crippen LogP contribution in [0.4, 0.5) is 4.39 Å². The molecule has 0 saturated heterocycles. The highest BCUT2D eigenvalue weighted by Gasteiger charge is 2.16. The summed E-state index contributed by atoms with van der Waals surface area (Å²) in [5, 5.41) is 0.0266. The minimum atomic E-state index is -0.782. The Morgan fingerprint density at radius 3 is 2.69 bits per heavy atom. The van der Waals surface area contributed by atoms with E-state index in [1.165, 1.54) is 13.2 Å². The van der Waals surface area contributed by atoms with Crippen LogP contribution in [0.3, 0.4) is 0 Å². The van der Waals surface area contributed by atoms with Crippen molar-refractivity contribution in [2.75, 3.05) is 7.11 Å². The average Bonchev–Trinajstić information content (AvgIpc) is 2.02. The second-order valence-corrected chi connectivity index (χ2v) is 3.56. The molecule has 0 atom stereocenters. The maximum atomic E-state index is 13.1. The molecule has 0 aliphatic carbocycles. The van der Waals surface area contributed by atoms with Crippen molar-refractivity contribution in [1.82, 2.24) is 0 Å². The van der Waals surface area contributed by atoms with E-state index in [2.05, 4.69) is 20.7 Å². The fraction of sp³-hybridized carbons (Fsp3) is 0.125. The van der Waals surface area contributed by atoms with Crippen molar-refractivity contribution >= 4 is 33.5 Å². The maximum absolute atomic E-state index is 13.1. The summed E-state index contributed by atoms with van der Waals surface area (Å²) in [4.78, 5) is 11.0. The zero-order valence-electron chi connectivity index (χ0n) is 6.61. The van der Waals surface area contributed by atoms with Gasteiger partial charge in [-0.1, -0.05) is 27.5 Å². The molecule has 1 aromatic carbocycles. The number of rotatable bonds is 1. The second kappa shape index (κ2) is 4.07. The first-order valence-corrected chi connectivity index (χ1v) is 4.46. The molecule has 70 valence electrons. The van der Waals surface area contributed by atoms with Crippen LogP contribution in [0.2, 0.25) is 5.02 Å². The van der Waals surface area contributed by atoms with Crippen LogP contribution >= 0.6 is 27.5 Å². The Bertz CT molecular complexity index is 331. The van der Waals surface area contributed by atoms with E-state index < -0.39 is 11.8 Å². The van der Waals surface area contributed by atoms with Crippen LogP contribution in [-0.2, 0) is 4.74 Å². The summed E-state index contributed by atoms with van der Waals surface area (Å²) in [5.41, 5.74) is -0.243. The Labute approximate surface area is 87.8 Å². The highest BCUT2D eigenvalue weighted by molar-refractivity contribution is 9.10. The predicted octanol–water partition coefficient (Wildman–Crippen LogP) is 3.03. The second-order valence-electron chi connectivity index (χ2n) is 2.24. The third-order valence-corrected chi connectivity index (χ3v) is 2.15. The highest BCUT2D eigenvalue weighted by atomic mass is 79.9. The lowest BCUT2D eigenvalue weighted by molar-refractivity contribution is 0.0595. The molecule has 0 bridgehead atoms. The third kappa shape index (κ3) is 2.19. The molecular weight excluding hydrogens is 262 g/mol. The summed E-state index contributed by atoms with van der Waals surface area (Å²) >= 11 is 8.68. The summed E-state index contributed by atoms with van der Waals surface area (Å²) in [5.74, 6) is -1.48. The van der Waals surface area contributed by atoms with Crippen LogP contribution in [0, 0.1) is 5.82 Å². The van der Waals surface area contributed by atoms with Gasteiger partial charge in [-0.25, -0.2) is 9.18 Å². The molecule has 0 radical (unpaired) electrons. The molecule has 0 saturated carbocycles. The summed E-state index contributed by atoms with van der Waals surface area (Å²) in [6, 6.07) is 2.58. The minimum Gasteiger partial charge on any atom is -0.465 e. The number of hydrogen-bond donors (Lipinski definition) is 0. The molecule has 0 unspecified atom stereocenters. The van der Waals surface area contributed by atoms with Crippen LogP contribution in [0.25, 0.3) is 0 Å². The smallest absolute Gasteiger partial charge is 0.342 e. The molecule has 0 spiro atoms. The summed E-state index contributed by atoms with van der Waals surface area (Å²) < 4.78 is 18.0. The molecule has 0 aliphatic heterocycles. The lowest BCUT2D eigenvalue weighted by Crippen LogP contribution is -2.05. The molecule has 0 amide bonds. The molecule has 0 heterocycles. The Morgan fingerprint density at radius 1 is 1.62 bits per heavy atom. The number of halogens is 3. The Balaban J connectivity index is 3.28. The van der Waals surface area contributed by atoms with Gasteiger partial charge in [0.25, 0.3) is 0 Å². The van der Waals surface area contributed by atoms with E-state index in [0.29, 0.717) is 4.47 Å². The number of benzene rings is 1. The molecular formula is C8H5BrClFO2. The van der Waals surface area contributed by atoms with E-state index >= 15 is 0 Å². The van der Waals surface area contributed by atoms with Gasteiger partial charge in [0.15, 0.2) is 0 Å². The van der Waals surface area contributed by atoms with Gasteiger partial charge in [-0.2, -0.15) is 0 Å². The molecule has 13 heavy (non-hydrogen) atoms. The zero-order valence-corrected chi connectivity index (χ0v) is 8.95. The quantitative estimate of drug-likeness (QED) is 0.731. The lowest BCUT2D eigenvalue weighted by Gasteiger charge is -2.03. The van der Waals surface area contributed by atoms with E-state index in [0.717, 1.165) is 6.07 Å². The van der Waals surface area contributed by atoms with Gasteiger partial charge in [0.1, 0.15) is 11.4 Å². The lowest BCUT2D eigenvalue weighted by atomic mass is 10.2. The normalized spacial score (nSPS) is 9.85. The molecule has 1 rings (SSSR count). The zero-order chi connectivity index (χ0) is 10.0. The van der Waals surface area contributed by atoms with Crippen molar-refractivity contribution in [3.05, 3.63) is 33.0 Å². The number of ether oxygens (including phenoxy) is 1. The fourth-order valence-electron chi connectivity index (χ4n) is 0.839. The molecule has 0 aromatic heterocycles. The number of esters is 1. The van der Waals surface area contributed by atoms with Crippen LogP contribution in [-0.4, -0.2) is 13.1 Å². The number of carbonyl (C=O) groups is 1. The summed E-state index contributed by atoms with van der Waals surface area (Å²) in [6.45, 7) is 0. The van der Waals surface area contributed by atoms with Crippen molar-refractivity contribution in [2.45, 2.75) is 0 Å². The van der Waals surface area contributed by atoms with Crippen molar-refractivity contribution in [2.24, 2.45) is 0 Å². The molecule has 5 heteroatoms. The Hall–Kier alpha value is -0.610. The first-order chi connectivity index (χ1) is 6.06. The van der Waals surface area contributed by atoms with Gasteiger partial charge >= 0.3 is 5.97 Å². The van der Waals surface area contributed by atoms with Crippen molar-refractivity contribution in [1.29, 1.82) is 0 Å². The van der Waals surface area contributed by atoms with Crippen LogP contribution in [0.5, 0.6) is 0 Å². The van der Waals surface area contributed by atoms with Gasteiger partial charge in [0.2, 0.25) is 0 Å². The van der Waals surface area contributed by atoms with Gasteiger partial charge in [-0.15, -0.1) is 0 Å². The van der Waals surface area contributed by atoms with Crippen molar-refractivity contribution in [3.8, 4) is 0 Å². The SMILES string of the molecule is COC(=O)c1c(F)cc(Br)cc1Cl.